The molecular weight excluding hydrogens is 195 g/mol. The summed E-state index contributed by atoms with van der Waals surface area (Å²) < 4.78 is 37.9. The van der Waals surface area contributed by atoms with Crippen molar-refractivity contribution in [1.29, 1.82) is 0 Å². The van der Waals surface area contributed by atoms with Gasteiger partial charge in [-0.2, -0.15) is 0 Å². The first-order valence-corrected chi connectivity index (χ1v) is 4.01. The van der Waals surface area contributed by atoms with Crippen molar-refractivity contribution in [3.63, 3.8) is 0 Å². The topological polar surface area (TPSA) is 46.2 Å². The summed E-state index contributed by atoms with van der Waals surface area (Å²) in [5.74, 6) is -4.22. The molecule has 0 saturated heterocycles. The lowest BCUT2D eigenvalue weighted by atomic mass is 10.0. The third kappa shape index (κ3) is 2.05. The third-order valence-electron chi connectivity index (χ3n) is 1.85. The molecule has 5 heteroatoms. The van der Waals surface area contributed by atoms with Gasteiger partial charge in [-0.25, -0.2) is 13.2 Å². The van der Waals surface area contributed by atoms with Crippen molar-refractivity contribution in [2.75, 3.05) is 0 Å². The number of hydrogen-bond donors (Lipinski definition) is 2. The Morgan fingerprint density at radius 1 is 1.21 bits per heavy atom. The summed E-state index contributed by atoms with van der Waals surface area (Å²) in [6.45, 7) is 1.48. The van der Waals surface area contributed by atoms with Crippen LogP contribution in [-0.2, 0) is 0 Å². The zero-order valence-electron chi connectivity index (χ0n) is 7.47. The van der Waals surface area contributed by atoms with Crippen LogP contribution in [0.2, 0.25) is 0 Å². The van der Waals surface area contributed by atoms with Gasteiger partial charge in [-0.1, -0.05) is 0 Å². The molecule has 0 bridgehead atoms. The second-order valence-electron chi connectivity index (χ2n) is 3.10. The Morgan fingerprint density at radius 2 is 1.64 bits per heavy atom. The van der Waals surface area contributed by atoms with Gasteiger partial charge in [-0.05, 0) is 24.6 Å². The minimum absolute atomic E-state index is 0.0728. The van der Waals surface area contributed by atoms with Crippen molar-refractivity contribution >= 4 is 0 Å². The van der Waals surface area contributed by atoms with Crippen molar-refractivity contribution < 1.29 is 18.3 Å². The first-order valence-electron chi connectivity index (χ1n) is 4.01. The van der Waals surface area contributed by atoms with E-state index in [0.29, 0.717) is 0 Å². The van der Waals surface area contributed by atoms with Gasteiger partial charge in [0, 0.05) is 6.04 Å². The minimum atomic E-state index is -1.55. The van der Waals surface area contributed by atoms with Crippen LogP contribution in [0.1, 0.15) is 18.6 Å². The third-order valence-corrected chi connectivity index (χ3v) is 1.85. The van der Waals surface area contributed by atoms with Crippen molar-refractivity contribution in [3.8, 4) is 0 Å². The fourth-order valence-electron chi connectivity index (χ4n) is 1.05. The summed E-state index contributed by atoms with van der Waals surface area (Å²) >= 11 is 0. The van der Waals surface area contributed by atoms with Crippen LogP contribution in [0.4, 0.5) is 13.2 Å². The number of aliphatic hydroxyl groups excluding tert-OH is 1. The number of benzene rings is 1. The van der Waals surface area contributed by atoms with Crippen LogP contribution < -0.4 is 5.73 Å². The molecule has 2 atom stereocenters. The first-order chi connectivity index (χ1) is 6.43. The smallest absolute Gasteiger partial charge is 0.194 e. The lowest BCUT2D eigenvalue weighted by Crippen LogP contribution is -2.24. The van der Waals surface area contributed by atoms with E-state index >= 15 is 0 Å². The fraction of sp³-hybridized carbons (Fsp3) is 0.333. The predicted octanol–water partition coefficient (Wildman–Crippen LogP) is 1.48. The van der Waals surface area contributed by atoms with E-state index in [1.165, 1.54) is 6.92 Å². The fourth-order valence-corrected chi connectivity index (χ4v) is 1.05. The highest BCUT2D eigenvalue weighted by Crippen LogP contribution is 2.20. The van der Waals surface area contributed by atoms with Gasteiger partial charge in [0.2, 0.25) is 0 Å². The largest absolute Gasteiger partial charge is 0.387 e. The van der Waals surface area contributed by atoms with Crippen molar-refractivity contribution in [2.45, 2.75) is 19.1 Å². The molecule has 1 rings (SSSR count). The number of rotatable bonds is 2. The monoisotopic (exact) mass is 205 g/mol. The Kier molecular flexibility index (Phi) is 3.13. The summed E-state index contributed by atoms with van der Waals surface area (Å²) in [5, 5.41) is 9.36. The van der Waals surface area contributed by atoms with Gasteiger partial charge in [0.1, 0.15) is 0 Å². The van der Waals surface area contributed by atoms with E-state index in [1.807, 2.05) is 0 Å². The lowest BCUT2D eigenvalue weighted by molar-refractivity contribution is 0.152. The molecule has 0 amide bonds. The number of nitrogens with two attached hydrogens (primary N) is 1. The molecule has 2 nitrogen and oxygen atoms in total. The Balaban J connectivity index is 3.12. The molecule has 0 unspecified atom stereocenters. The van der Waals surface area contributed by atoms with Gasteiger partial charge >= 0.3 is 0 Å². The molecule has 3 N–H and O–H groups in total. The summed E-state index contributed by atoms with van der Waals surface area (Å²) in [5.41, 5.74) is 5.24. The summed E-state index contributed by atoms with van der Waals surface area (Å²) in [4.78, 5) is 0. The highest BCUT2D eigenvalue weighted by molar-refractivity contribution is 5.22. The van der Waals surface area contributed by atoms with Gasteiger partial charge in [-0.15, -0.1) is 0 Å². The van der Waals surface area contributed by atoms with Crippen molar-refractivity contribution in [3.05, 3.63) is 35.1 Å². The molecule has 0 saturated carbocycles. The molecule has 14 heavy (non-hydrogen) atoms. The molecule has 0 aliphatic heterocycles. The summed E-state index contributed by atoms with van der Waals surface area (Å²) in [6.07, 6.45) is -1.21. The molecule has 1 aromatic carbocycles. The zero-order valence-corrected chi connectivity index (χ0v) is 7.47. The minimum Gasteiger partial charge on any atom is -0.387 e. The van der Waals surface area contributed by atoms with Crippen LogP contribution in [0.5, 0.6) is 0 Å². The van der Waals surface area contributed by atoms with E-state index in [2.05, 4.69) is 0 Å². The van der Waals surface area contributed by atoms with Crippen LogP contribution in [0, 0.1) is 17.5 Å². The van der Waals surface area contributed by atoms with E-state index < -0.39 is 29.6 Å². The zero-order chi connectivity index (χ0) is 10.9. The van der Waals surface area contributed by atoms with Gasteiger partial charge < -0.3 is 10.8 Å². The van der Waals surface area contributed by atoms with E-state index in [0.717, 1.165) is 12.1 Å². The van der Waals surface area contributed by atoms with Crippen molar-refractivity contribution in [2.24, 2.45) is 5.73 Å². The highest BCUT2D eigenvalue weighted by atomic mass is 19.2. The molecule has 0 spiro atoms. The maximum Gasteiger partial charge on any atom is 0.194 e. The number of halogens is 3. The molecule has 1 aromatic rings. The summed E-state index contributed by atoms with van der Waals surface area (Å²) in [7, 11) is 0. The van der Waals surface area contributed by atoms with E-state index in [-0.39, 0.29) is 5.56 Å². The van der Waals surface area contributed by atoms with E-state index in [4.69, 9.17) is 5.73 Å². The molecule has 0 aliphatic rings. The normalized spacial score (nSPS) is 15.3. The van der Waals surface area contributed by atoms with Gasteiger partial charge in [-0.3, -0.25) is 0 Å². The van der Waals surface area contributed by atoms with E-state index in [9.17, 15) is 18.3 Å². The molecule has 0 heterocycles. The second kappa shape index (κ2) is 3.98. The maximum absolute atomic E-state index is 12.7. The van der Waals surface area contributed by atoms with Crippen LogP contribution in [0.25, 0.3) is 0 Å². The molecule has 78 valence electrons. The van der Waals surface area contributed by atoms with Crippen LogP contribution >= 0.6 is 0 Å². The maximum atomic E-state index is 12.7. The van der Waals surface area contributed by atoms with Gasteiger partial charge in [0.05, 0.1) is 6.10 Å². The Bertz CT molecular complexity index is 318. The Morgan fingerprint density at radius 3 is 2.00 bits per heavy atom. The van der Waals surface area contributed by atoms with Crippen LogP contribution in [-0.4, -0.2) is 11.1 Å². The molecular formula is C9H10F3NO. The lowest BCUT2D eigenvalue weighted by Gasteiger charge is -2.14. The van der Waals surface area contributed by atoms with E-state index in [1.54, 1.807) is 0 Å². The number of hydrogen-bond acceptors (Lipinski definition) is 2. The second-order valence-corrected chi connectivity index (χ2v) is 3.10. The average Bonchev–Trinajstić information content (AvgIpc) is 2.12. The highest BCUT2D eigenvalue weighted by Gasteiger charge is 2.17. The van der Waals surface area contributed by atoms with Gasteiger partial charge in [0.15, 0.2) is 17.5 Å². The predicted molar refractivity (Wildman–Crippen MR) is 44.9 cm³/mol. The van der Waals surface area contributed by atoms with Crippen LogP contribution in [0.3, 0.4) is 0 Å². The SMILES string of the molecule is C[C@@H](N)[C@@H](O)c1cc(F)c(F)c(F)c1. The first kappa shape index (κ1) is 11.0. The molecule has 0 aromatic heterocycles. The Labute approximate surface area is 79.2 Å². The summed E-state index contributed by atoms with van der Waals surface area (Å²) in [6, 6.07) is 0.776. The van der Waals surface area contributed by atoms with Crippen LogP contribution in [0.15, 0.2) is 12.1 Å². The molecule has 0 aliphatic carbocycles. The molecule has 0 radical (unpaired) electrons. The quantitative estimate of drug-likeness (QED) is 0.718. The Hall–Kier alpha value is -1.07. The standard InChI is InChI=1S/C9H10F3NO/c1-4(13)9(14)5-2-6(10)8(12)7(11)3-5/h2-4,9,14H,13H2,1H3/t4-,9-/m1/s1. The van der Waals surface area contributed by atoms with Crippen molar-refractivity contribution in [1.82, 2.24) is 0 Å². The molecule has 0 fully saturated rings. The van der Waals surface area contributed by atoms with Gasteiger partial charge in [0.25, 0.3) is 0 Å². The average molecular weight is 205 g/mol. The number of aliphatic hydroxyl groups is 1.